The Labute approximate surface area is 66.9 Å². The molecule has 0 aromatic carbocycles. The lowest BCUT2D eigenvalue weighted by atomic mass is 10.1. The fraction of sp³-hybridized carbons (Fsp3) is 0.875. The van der Waals surface area contributed by atoms with E-state index in [1.165, 1.54) is 0 Å². The van der Waals surface area contributed by atoms with Gasteiger partial charge in [-0.15, -0.1) is 0 Å². The Balaban J connectivity index is 2.26. The molecule has 2 N–H and O–H groups in total. The van der Waals surface area contributed by atoms with Crippen molar-refractivity contribution in [2.24, 2.45) is 11.7 Å². The summed E-state index contributed by atoms with van der Waals surface area (Å²) in [5, 5.41) is 0. The Morgan fingerprint density at radius 2 is 2.09 bits per heavy atom. The maximum Gasteiger partial charge on any atom is 0.323 e. The first-order chi connectivity index (χ1) is 5.11. The van der Waals surface area contributed by atoms with E-state index < -0.39 is 6.04 Å². The Kier molecular flexibility index (Phi) is 2.49. The lowest BCUT2D eigenvalue weighted by Crippen LogP contribution is -2.37. The fourth-order valence-electron chi connectivity index (χ4n) is 0.701. The summed E-state index contributed by atoms with van der Waals surface area (Å²) in [5.74, 6) is -0.0799. The van der Waals surface area contributed by atoms with Crippen molar-refractivity contribution in [3.63, 3.8) is 0 Å². The highest BCUT2D eigenvalue weighted by Crippen LogP contribution is 2.24. The maximum atomic E-state index is 11.1. The summed E-state index contributed by atoms with van der Waals surface area (Å²) in [5.41, 5.74) is 5.56. The number of esters is 1. The lowest BCUT2D eigenvalue weighted by molar-refractivity contribution is -0.147. The second-order valence-corrected chi connectivity index (χ2v) is 3.41. The third-order valence-electron chi connectivity index (χ3n) is 1.80. The smallest absolute Gasteiger partial charge is 0.323 e. The van der Waals surface area contributed by atoms with Crippen molar-refractivity contribution in [2.75, 3.05) is 0 Å². The van der Waals surface area contributed by atoms with E-state index in [9.17, 15) is 4.79 Å². The molecule has 0 aromatic rings. The average Bonchev–Trinajstić information content (AvgIpc) is 2.69. The topological polar surface area (TPSA) is 52.3 Å². The Bertz CT molecular complexity index is 152. The number of nitrogens with two attached hydrogens (primary N) is 1. The third-order valence-corrected chi connectivity index (χ3v) is 1.80. The zero-order valence-electron chi connectivity index (χ0n) is 7.04. The molecule has 0 bridgehead atoms. The average molecular weight is 157 g/mol. The van der Waals surface area contributed by atoms with Gasteiger partial charge in [-0.05, 0) is 18.8 Å². The molecule has 0 heterocycles. The van der Waals surface area contributed by atoms with Crippen molar-refractivity contribution in [2.45, 2.75) is 38.8 Å². The molecule has 1 aliphatic carbocycles. The largest absolute Gasteiger partial charge is 0.461 e. The van der Waals surface area contributed by atoms with Gasteiger partial charge in [-0.1, -0.05) is 13.8 Å². The molecule has 1 saturated carbocycles. The van der Waals surface area contributed by atoms with Gasteiger partial charge in [0, 0.05) is 0 Å². The van der Waals surface area contributed by atoms with E-state index in [2.05, 4.69) is 0 Å². The molecular formula is C8H15NO2. The molecule has 3 nitrogen and oxygen atoms in total. The van der Waals surface area contributed by atoms with Gasteiger partial charge in [0.05, 0.1) is 0 Å². The van der Waals surface area contributed by atoms with E-state index in [1.807, 2.05) is 13.8 Å². The number of rotatable bonds is 3. The SMILES string of the molecule is CC(C)[C@H](N)C(=O)OC1CC1. The molecule has 1 aliphatic rings. The van der Waals surface area contributed by atoms with Gasteiger partial charge in [-0.25, -0.2) is 0 Å². The summed E-state index contributed by atoms with van der Waals surface area (Å²) < 4.78 is 5.02. The van der Waals surface area contributed by atoms with Crippen LogP contribution in [0.5, 0.6) is 0 Å². The van der Waals surface area contributed by atoms with Gasteiger partial charge in [-0.2, -0.15) is 0 Å². The van der Waals surface area contributed by atoms with Crippen molar-refractivity contribution >= 4 is 5.97 Å². The minimum absolute atomic E-state index is 0.168. The molecule has 0 aromatic heterocycles. The maximum absolute atomic E-state index is 11.1. The summed E-state index contributed by atoms with van der Waals surface area (Å²) >= 11 is 0. The second-order valence-electron chi connectivity index (χ2n) is 3.41. The number of hydrogen-bond acceptors (Lipinski definition) is 3. The standard InChI is InChI=1S/C8H15NO2/c1-5(2)7(9)8(10)11-6-3-4-6/h5-7H,3-4,9H2,1-2H3/t7-/m0/s1. The Morgan fingerprint density at radius 3 is 2.45 bits per heavy atom. The normalized spacial score (nSPS) is 20.0. The molecule has 0 unspecified atom stereocenters. The Hall–Kier alpha value is -0.570. The number of carbonyl (C=O) groups excluding carboxylic acids is 1. The van der Waals surface area contributed by atoms with Crippen LogP contribution in [0.3, 0.4) is 0 Å². The van der Waals surface area contributed by atoms with Crippen LogP contribution >= 0.6 is 0 Å². The predicted octanol–water partition coefficient (Wildman–Crippen LogP) is 0.675. The minimum Gasteiger partial charge on any atom is -0.461 e. The fourth-order valence-corrected chi connectivity index (χ4v) is 0.701. The predicted molar refractivity (Wildman–Crippen MR) is 41.9 cm³/mol. The van der Waals surface area contributed by atoms with Crippen LogP contribution in [0, 0.1) is 5.92 Å². The second kappa shape index (κ2) is 3.22. The van der Waals surface area contributed by atoms with Crippen molar-refractivity contribution in [1.29, 1.82) is 0 Å². The first kappa shape index (κ1) is 8.53. The van der Waals surface area contributed by atoms with Crippen molar-refractivity contribution in [1.82, 2.24) is 0 Å². The summed E-state index contributed by atoms with van der Waals surface area (Å²) in [6.45, 7) is 3.83. The molecule has 3 heteroatoms. The highest BCUT2D eigenvalue weighted by Gasteiger charge is 2.29. The third kappa shape index (κ3) is 2.50. The van der Waals surface area contributed by atoms with Gasteiger partial charge < -0.3 is 10.5 Å². The van der Waals surface area contributed by atoms with Crippen molar-refractivity contribution < 1.29 is 9.53 Å². The summed E-state index contributed by atoms with van der Waals surface area (Å²) in [6, 6.07) is -0.449. The number of hydrogen-bond donors (Lipinski definition) is 1. The summed E-state index contributed by atoms with van der Waals surface area (Å²) in [7, 11) is 0. The molecule has 0 aliphatic heterocycles. The van der Waals surface area contributed by atoms with Gasteiger partial charge in [0.15, 0.2) is 0 Å². The van der Waals surface area contributed by atoms with Crippen LogP contribution in [0.1, 0.15) is 26.7 Å². The first-order valence-corrected chi connectivity index (χ1v) is 4.07. The molecule has 0 radical (unpaired) electrons. The highest BCUT2D eigenvalue weighted by molar-refractivity contribution is 5.76. The van der Waals surface area contributed by atoms with E-state index in [0.29, 0.717) is 0 Å². The quantitative estimate of drug-likeness (QED) is 0.613. The van der Waals surface area contributed by atoms with Crippen molar-refractivity contribution in [3.05, 3.63) is 0 Å². The van der Waals surface area contributed by atoms with Crippen molar-refractivity contribution in [3.8, 4) is 0 Å². The molecular weight excluding hydrogens is 142 g/mol. The molecule has 1 rings (SSSR count). The van der Waals surface area contributed by atoms with Crippen LogP contribution in [0.25, 0.3) is 0 Å². The molecule has 1 atom stereocenters. The van der Waals surface area contributed by atoms with Gasteiger partial charge in [-0.3, -0.25) is 4.79 Å². The number of ether oxygens (including phenoxy) is 1. The van der Waals surface area contributed by atoms with Gasteiger partial charge in [0.2, 0.25) is 0 Å². The molecule has 0 spiro atoms. The molecule has 0 saturated heterocycles. The number of carbonyl (C=O) groups is 1. The summed E-state index contributed by atoms with van der Waals surface area (Å²) in [4.78, 5) is 11.1. The van der Waals surface area contributed by atoms with E-state index in [-0.39, 0.29) is 18.0 Å². The van der Waals surface area contributed by atoms with Gasteiger partial charge in [0.25, 0.3) is 0 Å². The highest BCUT2D eigenvalue weighted by atomic mass is 16.5. The zero-order chi connectivity index (χ0) is 8.43. The molecule has 11 heavy (non-hydrogen) atoms. The molecule has 64 valence electrons. The Morgan fingerprint density at radius 1 is 1.55 bits per heavy atom. The molecule has 1 fully saturated rings. The van der Waals surface area contributed by atoms with Crippen LogP contribution in [0.15, 0.2) is 0 Å². The zero-order valence-corrected chi connectivity index (χ0v) is 7.04. The minimum atomic E-state index is -0.449. The lowest BCUT2D eigenvalue weighted by Gasteiger charge is -2.13. The molecule has 0 amide bonds. The van der Waals surface area contributed by atoms with Crippen LogP contribution in [0.2, 0.25) is 0 Å². The monoisotopic (exact) mass is 157 g/mol. The van der Waals surface area contributed by atoms with E-state index >= 15 is 0 Å². The van der Waals surface area contributed by atoms with Crippen LogP contribution < -0.4 is 5.73 Å². The van der Waals surface area contributed by atoms with E-state index in [1.54, 1.807) is 0 Å². The van der Waals surface area contributed by atoms with Crippen LogP contribution in [0.4, 0.5) is 0 Å². The summed E-state index contributed by atoms with van der Waals surface area (Å²) in [6.07, 6.45) is 2.19. The van der Waals surface area contributed by atoms with E-state index in [4.69, 9.17) is 10.5 Å². The van der Waals surface area contributed by atoms with Crippen LogP contribution in [-0.4, -0.2) is 18.1 Å². The van der Waals surface area contributed by atoms with Gasteiger partial charge >= 0.3 is 5.97 Å². The van der Waals surface area contributed by atoms with Crippen LogP contribution in [-0.2, 0) is 9.53 Å². The first-order valence-electron chi connectivity index (χ1n) is 4.07. The van der Waals surface area contributed by atoms with E-state index in [0.717, 1.165) is 12.8 Å². The van der Waals surface area contributed by atoms with Gasteiger partial charge in [0.1, 0.15) is 12.1 Å².